The van der Waals surface area contributed by atoms with Gasteiger partial charge in [-0.05, 0) is 13.0 Å². The monoisotopic (exact) mass is 237 g/mol. The van der Waals surface area contributed by atoms with E-state index in [1.54, 1.807) is 19.2 Å². The van der Waals surface area contributed by atoms with Gasteiger partial charge in [-0.25, -0.2) is 4.98 Å². The number of aliphatic hydroxyl groups excluding tert-OH is 1. The van der Waals surface area contributed by atoms with Gasteiger partial charge in [-0.15, -0.1) is 0 Å². The molecule has 0 fully saturated rings. The molecular weight excluding hydrogens is 222 g/mol. The van der Waals surface area contributed by atoms with Gasteiger partial charge in [0.2, 0.25) is 0 Å². The Morgan fingerprint density at radius 1 is 1.59 bits per heavy atom. The third-order valence-electron chi connectivity index (χ3n) is 2.54. The second kappa shape index (κ2) is 4.28. The molecule has 7 heteroatoms. The van der Waals surface area contributed by atoms with Crippen LogP contribution in [0.2, 0.25) is 0 Å². The average Bonchev–Trinajstić information content (AvgIpc) is 2.72. The molecule has 0 saturated carbocycles. The molecule has 17 heavy (non-hydrogen) atoms. The minimum atomic E-state index is -1.31. The van der Waals surface area contributed by atoms with Crippen LogP contribution in [-0.4, -0.2) is 38.0 Å². The SMILES string of the molecule is CC(O)(NCCO)c1cnn2c(N)ccnc12. The molecule has 92 valence electrons. The Kier molecular flexibility index (Phi) is 2.97. The van der Waals surface area contributed by atoms with Crippen molar-refractivity contribution >= 4 is 11.5 Å². The number of rotatable bonds is 4. The van der Waals surface area contributed by atoms with Crippen molar-refractivity contribution in [1.29, 1.82) is 0 Å². The lowest BCUT2D eigenvalue weighted by atomic mass is 10.1. The van der Waals surface area contributed by atoms with Crippen molar-refractivity contribution in [3.05, 3.63) is 24.0 Å². The molecule has 0 aromatic carbocycles. The summed E-state index contributed by atoms with van der Waals surface area (Å²) < 4.78 is 1.45. The fraction of sp³-hybridized carbons (Fsp3) is 0.400. The first kappa shape index (κ1) is 11.8. The summed E-state index contributed by atoms with van der Waals surface area (Å²) in [6.45, 7) is 1.78. The van der Waals surface area contributed by atoms with Gasteiger partial charge in [-0.2, -0.15) is 9.61 Å². The van der Waals surface area contributed by atoms with Gasteiger partial charge in [0.15, 0.2) is 5.65 Å². The normalized spacial score (nSPS) is 15.0. The zero-order valence-corrected chi connectivity index (χ0v) is 9.46. The van der Waals surface area contributed by atoms with Crippen LogP contribution < -0.4 is 11.1 Å². The lowest BCUT2D eigenvalue weighted by molar-refractivity contribution is 0.0171. The molecular formula is C10H15N5O2. The van der Waals surface area contributed by atoms with Crippen molar-refractivity contribution in [3.8, 4) is 0 Å². The number of hydrogen-bond donors (Lipinski definition) is 4. The van der Waals surface area contributed by atoms with Crippen molar-refractivity contribution in [2.24, 2.45) is 0 Å². The average molecular weight is 237 g/mol. The van der Waals surface area contributed by atoms with Gasteiger partial charge in [0.05, 0.1) is 18.4 Å². The van der Waals surface area contributed by atoms with Gasteiger partial charge in [-0.1, -0.05) is 0 Å². The Morgan fingerprint density at radius 3 is 3.06 bits per heavy atom. The van der Waals surface area contributed by atoms with Crippen LogP contribution in [0.15, 0.2) is 18.5 Å². The van der Waals surface area contributed by atoms with E-state index in [-0.39, 0.29) is 13.2 Å². The fourth-order valence-electron chi connectivity index (χ4n) is 1.65. The molecule has 0 amide bonds. The van der Waals surface area contributed by atoms with Crippen LogP contribution in [0, 0.1) is 0 Å². The highest BCUT2D eigenvalue weighted by Gasteiger charge is 2.27. The summed E-state index contributed by atoms with van der Waals surface area (Å²) in [5.41, 5.74) is 5.42. The van der Waals surface area contributed by atoms with E-state index in [1.807, 2.05) is 0 Å². The summed E-state index contributed by atoms with van der Waals surface area (Å²) in [5, 5.41) is 25.8. The minimum absolute atomic E-state index is 0.0646. The second-order valence-corrected chi connectivity index (χ2v) is 3.89. The Balaban J connectivity index is 2.45. The fourth-order valence-corrected chi connectivity index (χ4v) is 1.65. The molecule has 2 aromatic heterocycles. The largest absolute Gasteiger partial charge is 0.395 e. The summed E-state index contributed by atoms with van der Waals surface area (Å²) in [6.07, 6.45) is 3.06. The molecule has 1 unspecified atom stereocenters. The van der Waals surface area contributed by atoms with Gasteiger partial charge >= 0.3 is 0 Å². The standard InChI is InChI=1S/C10H15N5O2/c1-10(17,13-4-5-16)7-6-14-15-8(11)2-3-12-9(7)15/h2-3,6,13,16-17H,4-5,11H2,1H3. The number of nitrogens with two attached hydrogens (primary N) is 1. The zero-order valence-electron chi connectivity index (χ0n) is 9.46. The first-order valence-corrected chi connectivity index (χ1v) is 5.23. The molecule has 0 aliphatic rings. The zero-order chi connectivity index (χ0) is 12.5. The summed E-state index contributed by atoms with van der Waals surface area (Å²) in [7, 11) is 0. The maximum Gasteiger partial charge on any atom is 0.164 e. The van der Waals surface area contributed by atoms with E-state index in [0.717, 1.165) is 0 Å². The third-order valence-corrected chi connectivity index (χ3v) is 2.54. The molecule has 7 nitrogen and oxygen atoms in total. The minimum Gasteiger partial charge on any atom is -0.395 e. The number of aromatic nitrogens is 3. The number of aliphatic hydroxyl groups is 2. The predicted molar refractivity (Wildman–Crippen MR) is 62.1 cm³/mol. The van der Waals surface area contributed by atoms with Crippen molar-refractivity contribution in [2.75, 3.05) is 18.9 Å². The molecule has 5 N–H and O–H groups in total. The smallest absolute Gasteiger partial charge is 0.164 e. The van der Waals surface area contributed by atoms with E-state index in [2.05, 4.69) is 15.4 Å². The van der Waals surface area contributed by atoms with E-state index in [1.165, 1.54) is 10.7 Å². The number of nitrogens with zero attached hydrogens (tertiary/aromatic N) is 3. The molecule has 0 spiro atoms. The summed E-state index contributed by atoms with van der Waals surface area (Å²) >= 11 is 0. The third kappa shape index (κ3) is 2.07. The molecule has 0 bridgehead atoms. The van der Waals surface area contributed by atoms with Gasteiger partial charge in [0.1, 0.15) is 11.5 Å². The molecule has 1 atom stereocenters. The molecule has 2 rings (SSSR count). The molecule has 0 radical (unpaired) electrons. The quantitative estimate of drug-likeness (QED) is 0.511. The van der Waals surface area contributed by atoms with Crippen molar-refractivity contribution < 1.29 is 10.2 Å². The lowest BCUT2D eigenvalue weighted by Gasteiger charge is -2.23. The van der Waals surface area contributed by atoms with Crippen molar-refractivity contribution in [1.82, 2.24) is 19.9 Å². The van der Waals surface area contributed by atoms with Crippen LogP contribution >= 0.6 is 0 Å². The van der Waals surface area contributed by atoms with Crippen LogP contribution in [0.1, 0.15) is 12.5 Å². The van der Waals surface area contributed by atoms with E-state index in [0.29, 0.717) is 17.0 Å². The van der Waals surface area contributed by atoms with Crippen LogP contribution in [0.4, 0.5) is 5.82 Å². The number of nitrogen functional groups attached to an aromatic ring is 1. The Labute approximate surface area is 97.9 Å². The summed E-state index contributed by atoms with van der Waals surface area (Å²) in [6, 6.07) is 1.62. The summed E-state index contributed by atoms with van der Waals surface area (Å²) in [5.74, 6) is 0.444. The Hall–Kier alpha value is -1.70. The van der Waals surface area contributed by atoms with Crippen LogP contribution in [0.25, 0.3) is 5.65 Å². The van der Waals surface area contributed by atoms with Crippen LogP contribution in [-0.2, 0) is 5.72 Å². The van der Waals surface area contributed by atoms with Crippen LogP contribution in [0.5, 0.6) is 0 Å². The summed E-state index contributed by atoms with van der Waals surface area (Å²) in [4.78, 5) is 4.13. The Morgan fingerprint density at radius 2 is 2.35 bits per heavy atom. The number of nitrogens with one attached hydrogen (secondary N) is 1. The number of fused-ring (bicyclic) bond motifs is 1. The lowest BCUT2D eigenvalue weighted by Crippen LogP contribution is -2.40. The highest BCUT2D eigenvalue weighted by Crippen LogP contribution is 2.22. The molecule has 2 heterocycles. The number of anilines is 1. The van der Waals surface area contributed by atoms with E-state index in [9.17, 15) is 5.11 Å². The Bertz CT molecular complexity index is 522. The maximum absolute atomic E-state index is 10.2. The van der Waals surface area contributed by atoms with Crippen LogP contribution in [0.3, 0.4) is 0 Å². The molecule has 2 aromatic rings. The van der Waals surface area contributed by atoms with Gasteiger partial charge in [-0.3, -0.25) is 5.32 Å². The van der Waals surface area contributed by atoms with Gasteiger partial charge < -0.3 is 15.9 Å². The van der Waals surface area contributed by atoms with E-state index in [4.69, 9.17) is 10.8 Å². The first-order valence-electron chi connectivity index (χ1n) is 5.23. The first-order chi connectivity index (χ1) is 8.06. The van der Waals surface area contributed by atoms with Crippen molar-refractivity contribution in [2.45, 2.75) is 12.6 Å². The number of hydrogen-bond acceptors (Lipinski definition) is 6. The topological polar surface area (TPSA) is 109 Å². The van der Waals surface area contributed by atoms with Gasteiger partial charge in [0, 0.05) is 12.7 Å². The molecule has 0 aliphatic heterocycles. The second-order valence-electron chi connectivity index (χ2n) is 3.89. The highest BCUT2D eigenvalue weighted by molar-refractivity contribution is 5.53. The van der Waals surface area contributed by atoms with E-state index < -0.39 is 5.72 Å². The van der Waals surface area contributed by atoms with E-state index >= 15 is 0 Å². The predicted octanol–water partition coefficient (Wildman–Crippen LogP) is -0.942. The highest BCUT2D eigenvalue weighted by atomic mass is 16.3. The molecule has 0 saturated heterocycles. The maximum atomic E-state index is 10.2. The van der Waals surface area contributed by atoms with Gasteiger partial charge in [0.25, 0.3) is 0 Å². The molecule has 0 aliphatic carbocycles. The van der Waals surface area contributed by atoms with Crippen molar-refractivity contribution in [3.63, 3.8) is 0 Å².